The van der Waals surface area contributed by atoms with Crippen molar-refractivity contribution in [2.45, 2.75) is 19.1 Å². The van der Waals surface area contributed by atoms with E-state index in [-0.39, 0.29) is 24.1 Å². The van der Waals surface area contributed by atoms with Crippen molar-refractivity contribution in [2.24, 2.45) is 0 Å². The van der Waals surface area contributed by atoms with E-state index in [1.807, 2.05) is 30.3 Å². The third-order valence-electron chi connectivity index (χ3n) is 3.42. The summed E-state index contributed by atoms with van der Waals surface area (Å²) in [5.74, 6) is -0.482. The van der Waals surface area contributed by atoms with E-state index in [1.165, 1.54) is 25.6 Å². The molecule has 0 saturated carbocycles. The normalized spacial score (nSPS) is 10.7. The summed E-state index contributed by atoms with van der Waals surface area (Å²) in [4.78, 5) is 28.1. The maximum atomic E-state index is 12.0. The molecule has 2 aromatic rings. The summed E-state index contributed by atoms with van der Waals surface area (Å²) in [6.07, 6.45) is 0.495. The van der Waals surface area contributed by atoms with Crippen LogP contribution in [0.1, 0.15) is 22.5 Å². The average molecular weight is 363 g/mol. The SMILES string of the molecule is COC(CNC(=O)c1csc(NC(=O)CCc2ccccc2)n1)OC. The molecule has 25 heavy (non-hydrogen) atoms. The van der Waals surface area contributed by atoms with Crippen LogP contribution in [0.15, 0.2) is 35.7 Å². The van der Waals surface area contributed by atoms with Crippen LogP contribution in [-0.4, -0.2) is 43.9 Å². The van der Waals surface area contributed by atoms with Crippen molar-refractivity contribution in [3.05, 3.63) is 47.0 Å². The van der Waals surface area contributed by atoms with E-state index in [0.717, 1.165) is 5.56 Å². The van der Waals surface area contributed by atoms with Crippen molar-refractivity contribution in [3.63, 3.8) is 0 Å². The molecule has 0 unspecified atom stereocenters. The lowest BCUT2D eigenvalue weighted by molar-refractivity contribution is -0.116. The molecule has 2 N–H and O–H groups in total. The Morgan fingerprint density at radius 2 is 1.92 bits per heavy atom. The van der Waals surface area contributed by atoms with Gasteiger partial charge in [-0.15, -0.1) is 11.3 Å². The largest absolute Gasteiger partial charge is 0.354 e. The standard InChI is InChI=1S/C17H21N3O4S/c1-23-15(24-2)10-18-16(22)13-11-25-17(19-13)20-14(21)9-8-12-6-4-3-5-7-12/h3-7,11,15H,8-10H2,1-2H3,(H,18,22)(H,19,20,21). The predicted molar refractivity (Wildman–Crippen MR) is 95.6 cm³/mol. The monoisotopic (exact) mass is 363 g/mol. The number of nitrogens with zero attached hydrogens (tertiary/aromatic N) is 1. The summed E-state index contributed by atoms with van der Waals surface area (Å²) in [7, 11) is 2.98. The molecule has 1 aromatic carbocycles. The molecule has 2 amide bonds. The first kappa shape index (κ1) is 19.0. The van der Waals surface area contributed by atoms with Crippen LogP contribution in [0.2, 0.25) is 0 Å². The zero-order valence-electron chi connectivity index (χ0n) is 14.2. The minimum absolute atomic E-state index is 0.135. The van der Waals surface area contributed by atoms with E-state index < -0.39 is 6.29 Å². The van der Waals surface area contributed by atoms with E-state index in [9.17, 15) is 9.59 Å². The van der Waals surface area contributed by atoms with Gasteiger partial charge in [0, 0.05) is 26.0 Å². The number of amides is 2. The van der Waals surface area contributed by atoms with E-state index in [2.05, 4.69) is 15.6 Å². The molecule has 2 rings (SSSR count). The Kier molecular flexibility index (Phi) is 7.52. The second kappa shape index (κ2) is 9.87. The molecule has 1 aromatic heterocycles. The smallest absolute Gasteiger partial charge is 0.271 e. The van der Waals surface area contributed by atoms with E-state index in [1.54, 1.807) is 5.38 Å². The number of carbonyl (C=O) groups excluding carboxylic acids is 2. The quantitative estimate of drug-likeness (QED) is 0.666. The number of thiazole rings is 1. The highest BCUT2D eigenvalue weighted by Gasteiger charge is 2.14. The van der Waals surface area contributed by atoms with Gasteiger partial charge in [-0.25, -0.2) is 4.98 Å². The van der Waals surface area contributed by atoms with Crippen molar-refractivity contribution >= 4 is 28.3 Å². The van der Waals surface area contributed by atoms with Crippen molar-refractivity contribution in [2.75, 3.05) is 26.1 Å². The van der Waals surface area contributed by atoms with E-state index >= 15 is 0 Å². The van der Waals surface area contributed by atoms with Crippen LogP contribution in [0.25, 0.3) is 0 Å². The second-order valence-electron chi connectivity index (χ2n) is 5.18. The Bertz CT molecular complexity index is 686. The molecule has 0 spiro atoms. The Labute approximate surface area is 150 Å². The van der Waals surface area contributed by atoms with Crippen LogP contribution < -0.4 is 10.6 Å². The first-order valence-corrected chi connectivity index (χ1v) is 8.63. The lowest BCUT2D eigenvalue weighted by atomic mass is 10.1. The van der Waals surface area contributed by atoms with Gasteiger partial charge in [0.1, 0.15) is 5.69 Å². The summed E-state index contributed by atoms with van der Waals surface area (Å²) < 4.78 is 9.99. The Balaban J connectivity index is 1.80. The van der Waals surface area contributed by atoms with Gasteiger partial charge in [-0.2, -0.15) is 0 Å². The summed E-state index contributed by atoms with van der Waals surface area (Å²) in [6, 6.07) is 9.78. The van der Waals surface area contributed by atoms with Crippen molar-refractivity contribution < 1.29 is 19.1 Å². The van der Waals surface area contributed by atoms with Gasteiger partial charge in [0.05, 0.1) is 6.54 Å². The number of ether oxygens (including phenoxy) is 2. The molecule has 7 nitrogen and oxygen atoms in total. The molecule has 0 fully saturated rings. The molecule has 0 aliphatic heterocycles. The maximum Gasteiger partial charge on any atom is 0.271 e. The van der Waals surface area contributed by atoms with Gasteiger partial charge >= 0.3 is 0 Å². The van der Waals surface area contributed by atoms with Gasteiger partial charge in [0.25, 0.3) is 5.91 Å². The third kappa shape index (κ3) is 6.26. The fraction of sp³-hybridized carbons (Fsp3) is 0.353. The minimum Gasteiger partial charge on any atom is -0.354 e. The highest BCUT2D eigenvalue weighted by atomic mass is 32.1. The van der Waals surface area contributed by atoms with Crippen molar-refractivity contribution in [1.82, 2.24) is 10.3 Å². The van der Waals surface area contributed by atoms with Gasteiger partial charge in [0.15, 0.2) is 11.4 Å². The highest BCUT2D eigenvalue weighted by molar-refractivity contribution is 7.14. The van der Waals surface area contributed by atoms with Crippen LogP contribution in [-0.2, 0) is 20.7 Å². The number of anilines is 1. The second-order valence-corrected chi connectivity index (χ2v) is 6.04. The zero-order chi connectivity index (χ0) is 18.1. The van der Waals surface area contributed by atoms with Crippen LogP contribution >= 0.6 is 11.3 Å². The van der Waals surface area contributed by atoms with Gasteiger partial charge in [-0.05, 0) is 12.0 Å². The summed E-state index contributed by atoms with van der Waals surface area (Å²) in [6.45, 7) is 0.210. The summed E-state index contributed by atoms with van der Waals surface area (Å²) >= 11 is 1.21. The Hall–Kier alpha value is -2.29. The predicted octanol–water partition coefficient (Wildman–Crippen LogP) is 2.06. The van der Waals surface area contributed by atoms with Gasteiger partial charge in [-0.1, -0.05) is 30.3 Å². The number of rotatable bonds is 9. The van der Waals surface area contributed by atoms with Crippen LogP contribution in [0.5, 0.6) is 0 Å². The van der Waals surface area contributed by atoms with Crippen LogP contribution in [0.4, 0.5) is 5.13 Å². The summed E-state index contributed by atoms with van der Waals surface area (Å²) in [5, 5.41) is 7.37. The number of hydrogen-bond donors (Lipinski definition) is 2. The number of methoxy groups -OCH3 is 2. The van der Waals surface area contributed by atoms with Crippen LogP contribution in [0, 0.1) is 0 Å². The number of aromatic nitrogens is 1. The van der Waals surface area contributed by atoms with E-state index in [4.69, 9.17) is 9.47 Å². The Morgan fingerprint density at radius 1 is 1.20 bits per heavy atom. The molecular formula is C17H21N3O4S. The Morgan fingerprint density at radius 3 is 2.60 bits per heavy atom. The van der Waals surface area contributed by atoms with Gasteiger partial charge < -0.3 is 20.1 Å². The molecule has 0 aliphatic carbocycles. The van der Waals surface area contributed by atoms with Crippen LogP contribution in [0.3, 0.4) is 0 Å². The van der Waals surface area contributed by atoms with Gasteiger partial charge in [-0.3, -0.25) is 9.59 Å². The van der Waals surface area contributed by atoms with Crippen molar-refractivity contribution in [1.29, 1.82) is 0 Å². The molecule has 1 heterocycles. The fourth-order valence-corrected chi connectivity index (χ4v) is 2.76. The molecule has 0 aliphatic rings. The highest BCUT2D eigenvalue weighted by Crippen LogP contribution is 2.16. The first-order valence-electron chi connectivity index (χ1n) is 7.75. The number of carbonyl (C=O) groups is 2. The zero-order valence-corrected chi connectivity index (χ0v) is 15.0. The molecule has 0 atom stereocenters. The molecule has 0 bridgehead atoms. The summed E-state index contributed by atoms with van der Waals surface area (Å²) in [5.41, 5.74) is 1.34. The third-order valence-corrected chi connectivity index (χ3v) is 4.18. The molecule has 0 radical (unpaired) electrons. The fourth-order valence-electron chi connectivity index (χ4n) is 2.05. The topological polar surface area (TPSA) is 89.6 Å². The molecule has 0 saturated heterocycles. The van der Waals surface area contributed by atoms with Gasteiger partial charge in [0.2, 0.25) is 5.91 Å². The maximum absolute atomic E-state index is 12.0. The first-order chi connectivity index (χ1) is 12.1. The molecule has 134 valence electrons. The molecule has 8 heteroatoms. The average Bonchev–Trinajstić information content (AvgIpc) is 3.10. The number of nitrogens with one attached hydrogen (secondary N) is 2. The number of benzene rings is 1. The van der Waals surface area contributed by atoms with E-state index in [0.29, 0.717) is 18.0 Å². The lowest BCUT2D eigenvalue weighted by Gasteiger charge is -2.13. The minimum atomic E-state index is -0.514. The number of aryl methyl sites for hydroxylation is 1. The number of hydrogen-bond acceptors (Lipinski definition) is 6. The lowest BCUT2D eigenvalue weighted by Crippen LogP contribution is -2.34. The molecular weight excluding hydrogens is 342 g/mol. The van der Waals surface area contributed by atoms with Crippen molar-refractivity contribution in [3.8, 4) is 0 Å².